The van der Waals surface area contributed by atoms with Crippen LogP contribution in [-0.4, -0.2) is 12.3 Å². The molecule has 1 fully saturated rings. The summed E-state index contributed by atoms with van der Waals surface area (Å²) < 4.78 is 0. The average Bonchev–Trinajstić information content (AvgIpc) is 3.35. The van der Waals surface area contributed by atoms with Gasteiger partial charge in [0.05, 0.1) is 0 Å². The van der Waals surface area contributed by atoms with Gasteiger partial charge >= 0.3 is 37.9 Å². The number of hydrogen-bond donors (Lipinski definition) is 0. The minimum absolute atomic E-state index is 0.0972. The molecule has 0 nitrogen and oxygen atoms in total. The number of hydrogen-bond acceptors (Lipinski definition) is 0. The van der Waals surface area contributed by atoms with Crippen molar-refractivity contribution in [3.8, 4) is 0 Å². The van der Waals surface area contributed by atoms with E-state index in [4.69, 9.17) is 17.0 Å². The van der Waals surface area contributed by atoms with E-state index in [2.05, 4.69) is 74.9 Å². The van der Waals surface area contributed by atoms with Gasteiger partial charge in [0, 0.05) is 0 Å². The first kappa shape index (κ1) is 24.3. The van der Waals surface area contributed by atoms with Gasteiger partial charge in [-0.15, -0.1) is 58.9 Å². The fourth-order valence-electron chi connectivity index (χ4n) is 3.89. The van der Waals surface area contributed by atoms with Crippen molar-refractivity contribution in [3.63, 3.8) is 0 Å². The summed E-state index contributed by atoms with van der Waals surface area (Å²) >= 11 is -0.826. The van der Waals surface area contributed by atoms with Crippen LogP contribution in [0, 0.1) is 12.3 Å². The normalized spacial score (nSPS) is 16.9. The van der Waals surface area contributed by atoms with E-state index in [9.17, 15) is 0 Å². The van der Waals surface area contributed by atoms with Gasteiger partial charge in [-0.1, -0.05) is 47.1 Å². The molecule has 0 saturated heterocycles. The Morgan fingerprint density at radius 3 is 2.50 bits per heavy atom. The number of halogens is 2. The van der Waals surface area contributed by atoms with E-state index in [0.717, 1.165) is 5.92 Å². The van der Waals surface area contributed by atoms with Gasteiger partial charge in [-0.2, -0.15) is 6.07 Å². The van der Waals surface area contributed by atoms with Crippen LogP contribution in [0.4, 0.5) is 0 Å². The van der Waals surface area contributed by atoms with Crippen LogP contribution in [0.3, 0.4) is 0 Å². The first-order valence-electron chi connectivity index (χ1n) is 10.3. The topological polar surface area (TPSA) is 0 Å². The number of rotatable bonds is 5. The molecule has 0 heterocycles. The van der Waals surface area contributed by atoms with Gasteiger partial charge in [-0.25, -0.2) is 18.1 Å². The molecule has 0 radical (unpaired) electrons. The molecule has 150 valence electrons. The van der Waals surface area contributed by atoms with Gasteiger partial charge in [0.25, 0.3) is 0 Å². The molecule has 1 unspecified atom stereocenters. The average molecular weight is 513 g/mol. The molecule has 0 aromatic heterocycles. The predicted octanol–water partition coefficient (Wildman–Crippen LogP) is 8.35. The SMILES string of the molecule is C1=CCC2CC[CH-]C2=C1.CCCP(CCC)c1cc2ccccc2[cH-]1.[Cl][Zr+2][Cl]. The van der Waals surface area contributed by atoms with Crippen molar-refractivity contribution >= 4 is 41.0 Å². The maximum absolute atomic E-state index is 4.93. The summed E-state index contributed by atoms with van der Waals surface area (Å²) in [6, 6.07) is 13.5. The Bertz CT molecular complexity index is 711. The Hall–Kier alpha value is 0.0731. The second-order valence-corrected chi connectivity index (χ2v) is 13.4. The van der Waals surface area contributed by atoms with Crippen LogP contribution < -0.4 is 5.30 Å². The third-order valence-electron chi connectivity index (χ3n) is 5.17. The summed E-state index contributed by atoms with van der Waals surface area (Å²) in [4.78, 5) is 0. The summed E-state index contributed by atoms with van der Waals surface area (Å²) in [7, 11) is 9.96. The van der Waals surface area contributed by atoms with Crippen LogP contribution in [0.25, 0.3) is 10.8 Å². The first-order valence-corrected chi connectivity index (χ1v) is 18.3. The molecule has 2 aromatic carbocycles. The zero-order chi connectivity index (χ0) is 20.2. The van der Waals surface area contributed by atoms with Crippen LogP contribution in [0.5, 0.6) is 0 Å². The van der Waals surface area contributed by atoms with E-state index in [0.29, 0.717) is 0 Å². The van der Waals surface area contributed by atoms with Crippen LogP contribution in [-0.2, 0) is 20.8 Å². The Morgan fingerprint density at radius 2 is 1.86 bits per heavy atom. The van der Waals surface area contributed by atoms with Crippen molar-refractivity contribution in [3.05, 3.63) is 66.6 Å². The van der Waals surface area contributed by atoms with Crippen LogP contribution in [0.15, 0.2) is 60.2 Å². The molecule has 0 N–H and O–H groups in total. The summed E-state index contributed by atoms with van der Waals surface area (Å²) in [5.74, 6) is 0.884. The summed E-state index contributed by atoms with van der Waals surface area (Å²) in [5, 5.41) is 4.44. The molecule has 4 heteroatoms. The van der Waals surface area contributed by atoms with Gasteiger partial charge in [0.1, 0.15) is 0 Å². The quantitative estimate of drug-likeness (QED) is 0.279. The Balaban J connectivity index is 0.000000196. The third-order valence-corrected chi connectivity index (χ3v) is 8.13. The summed E-state index contributed by atoms with van der Waals surface area (Å²) in [6.07, 6.45) is 18.4. The van der Waals surface area contributed by atoms with E-state index < -0.39 is 20.8 Å². The molecule has 1 saturated carbocycles. The molecule has 0 spiro atoms. The molecule has 0 amide bonds. The van der Waals surface area contributed by atoms with Gasteiger partial charge in [0.15, 0.2) is 0 Å². The Morgan fingerprint density at radius 1 is 1.14 bits per heavy atom. The molecule has 2 aromatic rings. The molecular weight excluding hydrogens is 481 g/mol. The van der Waals surface area contributed by atoms with E-state index >= 15 is 0 Å². The standard InChI is InChI=1S/C15H20P.C9H11.2ClH.Zr/c1-3-9-16(10-4-2)15-11-13-7-5-6-8-14(13)12-15;1-2-5-9-7-3-6-8(9)4-1;;;/h5-8,11-12H,3-4,9-10H2,1-2H3;1-2,4,6,9H,3,5,7H2;2*1H;/q2*-1;;;+4/p-2. The molecule has 0 bridgehead atoms. The van der Waals surface area contributed by atoms with E-state index in [1.54, 1.807) is 10.9 Å². The molecule has 0 aliphatic heterocycles. The monoisotopic (exact) mass is 510 g/mol. The number of fused-ring (bicyclic) bond motifs is 2. The predicted molar refractivity (Wildman–Crippen MR) is 127 cm³/mol. The minimum atomic E-state index is -0.826. The van der Waals surface area contributed by atoms with E-state index in [1.807, 2.05) is 0 Å². The third kappa shape index (κ3) is 7.72. The maximum atomic E-state index is 4.93. The van der Waals surface area contributed by atoms with Crippen LogP contribution in [0.1, 0.15) is 46.0 Å². The van der Waals surface area contributed by atoms with Crippen molar-refractivity contribution in [2.24, 2.45) is 5.92 Å². The van der Waals surface area contributed by atoms with E-state index in [-0.39, 0.29) is 7.92 Å². The molecule has 2 aliphatic rings. The van der Waals surface area contributed by atoms with Crippen LogP contribution in [0.2, 0.25) is 0 Å². The summed E-state index contributed by atoms with van der Waals surface area (Å²) in [5.41, 5.74) is 1.58. The Labute approximate surface area is 191 Å². The van der Waals surface area contributed by atoms with Gasteiger partial charge in [-0.3, -0.25) is 0 Å². The van der Waals surface area contributed by atoms with Crippen molar-refractivity contribution in [2.75, 3.05) is 12.3 Å². The zero-order valence-corrected chi connectivity index (χ0v) is 21.9. The molecular formula is C24H31Cl2PZr. The number of benzene rings is 1. The second kappa shape index (κ2) is 14.1. The van der Waals surface area contributed by atoms with Gasteiger partial charge < -0.3 is 0 Å². The second-order valence-electron chi connectivity index (χ2n) is 7.21. The Kier molecular flexibility index (Phi) is 12.3. The van der Waals surface area contributed by atoms with Crippen molar-refractivity contribution in [1.29, 1.82) is 0 Å². The molecule has 4 rings (SSSR count). The fraction of sp³-hybridized carbons (Fsp3) is 0.417. The van der Waals surface area contributed by atoms with E-state index in [1.165, 1.54) is 55.2 Å². The van der Waals surface area contributed by atoms with Gasteiger partial charge in [0.2, 0.25) is 0 Å². The molecule has 1 atom stereocenters. The fourth-order valence-corrected chi connectivity index (χ4v) is 6.35. The molecule has 2 aliphatic carbocycles. The number of allylic oxidation sites excluding steroid dienone is 4. The molecule has 28 heavy (non-hydrogen) atoms. The van der Waals surface area contributed by atoms with Crippen molar-refractivity contribution in [1.82, 2.24) is 0 Å². The van der Waals surface area contributed by atoms with Crippen molar-refractivity contribution in [2.45, 2.75) is 46.0 Å². The zero-order valence-electron chi connectivity index (χ0n) is 17.0. The van der Waals surface area contributed by atoms with Crippen LogP contribution >= 0.6 is 24.9 Å². The van der Waals surface area contributed by atoms with Gasteiger partial charge in [-0.05, 0) is 24.7 Å². The van der Waals surface area contributed by atoms with Crippen molar-refractivity contribution < 1.29 is 20.8 Å². The summed E-state index contributed by atoms with van der Waals surface area (Å²) in [6.45, 7) is 4.60. The first-order chi connectivity index (χ1) is 13.7.